The highest BCUT2D eigenvalue weighted by molar-refractivity contribution is 6.37. The second-order valence-electron chi connectivity index (χ2n) is 7.68. The smallest absolute Gasteiger partial charge is 0.416 e. The summed E-state index contributed by atoms with van der Waals surface area (Å²) in [6.45, 7) is 3.35. The zero-order valence-electron chi connectivity index (χ0n) is 17.8. The number of nitrogens with zero attached hydrogens (tertiary/aromatic N) is 1. The average molecular weight is 492 g/mol. The number of aliphatic hydroxyl groups excluding tert-OH is 1. The number of alkyl halides is 3. The van der Waals surface area contributed by atoms with Crippen molar-refractivity contribution in [2.45, 2.75) is 39.3 Å². The first-order valence-electron chi connectivity index (χ1n) is 9.69. The van der Waals surface area contributed by atoms with Crippen LogP contribution >= 0.6 is 23.2 Å². The minimum Gasteiger partial charge on any atom is -0.466 e. The van der Waals surface area contributed by atoms with Crippen LogP contribution < -0.4 is 0 Å². The summed E-state index contributed by atoms with van der Waals surface area (Å²) in [5, 5.41) is 11.5. The van der Waals surface area contributed by atoms with Gasteiger partial charge in [-0.1, -0.05) is 30.1 Å². The number of carbonyl (C=O) groups is 1. The van der Waals surface area contributed by atoms with E-state index in [1.807, 2.05) is 0 Å². The molecule has 1 aromatic heterocycles. The van der Waals surface area contributed by atoms with Crippen LogP contribution in [0.15, 0.2) is 39.4 Å². The van der Waals surface area contributed by atoms with Crippen molar-refractivity contribution in [3.63, 3.8) is 0 Å². The van der Waals surface area contributed by atoms with E-state index in [1.165, 1.54) is 18.8 Å². The highest BCUT2D eigenvalue weighted by Gasteiger charge is 2.33. The molecule has 1 aliphatic rings. The molecular weight excluding hydrogens is 470 g/mol. The fourth-order valence-electron chi connectivity index (χ4n) is 3.97. The lowest BCUT2D eigenvalue weighted by atomic mass is 9.88. The van der Waals surface area contributed by atoms with Gasteiger partial charge in [-0.15, -0.1) is 0 Å². The third-order valence-corrected chi connectivity index (χ3v) is 6.39. The summed E-state index contributed by atoms with van der Waals surface area (Å²) in [6, 6.07) is 3.67. The van der Waals surface area contributed by atoms with Crippen molar-refractivity contribution in [3.8, 4) is 0 Å². The number of hydrogen-bond acceptors (Lipinski definition) is 4. The van der Waals surface area contributed by atoms with Crippen molar-refractivity contribution in [1.29, 1.82) is 0 Å². The van der Waals surface area contributed by atoms with E-state index in [0.29, 0.717) is 33.7 Å². The molecule has 0 saturated heterocycles. The molecule has 32 heavy (non-hydrogen) atoms. The Hall–Kier alpha value is -2.00. The molecule has 0 fully saturated rings. The van der Waals surface area contributed by atoms with Crippen molar-refractivity contribution in [3.05, 3.63) is 56.2 Å². The van der Waals surface area contributed by atoms with Crippen LogP contribution in [-0.4, -0.2) is 29.9 Å². The monoisotopic (exact) mass is 491 g/mol. The Morgan fingerprint density at radius 1 is 1.28 bits per heavy atom. The maximum Gasteiger partial charge on any atom is 0.416 e. The third-order valence-electron chi connectivity index (χ3n) is 5.57. The summed E-state index contributed by atoms with van der Waals surface area (Å²) in [5.41, 5.74) is 0.823. The quantitative estimate of drug-likeness (QED) is 0.423. The number of aryl methyl sites for hydroxylation is 1. The van der Waals surface area contributed by atoms with E-state index in [-0.39, 0.29) is 28.5 Å². The second kappa shape index (κ2) is 9.09. The van der Waals surface area contributed by atoms with Crippen LogP contribution in [0.25, 0.3) is 10.9 Å². The van der Waals surface area contributed by atoms with Crippen LogP contribution in [0.1, 0.15) is 36.6 Å². The van der Waals surface area contributed by atoms with Crippen LogP contribution in [0, 0.1) is 12.8 Å². The molecule has 2 aromatic rings. The van der Waals surface area contributed by atoms with Crippen LogP contribution in [0.5, 0.6) is 0 Å². The van der Waals surface area contributed by atoms with Crippen LogP contribution in [0.4, 0.5) is 13.2 Å². The Morgan fingerprint density at radius 3 is 2.50 bits per heavy atom. The third kappa shape index (κ3) is 4.41. The molecule has 3 rings (SSSR count). The zero-order chi connectivity index (χ0) is 24.0. The van der Waals surface area contributed by atoms with Gasteiger partial charge in [0.25, 0.3) is 0 Å². The molecule has 1 N–H and O–H groups in total. The maximum absolute atomic E-state index is 13.4. The van der Waals surface area contributed by atoms with Crippen LogP contribution in [0.3, 0.4) is 0 Å². The van der Waals surface area contributed by atoms with Crippen molar-refractivity contribution in [2.75, 3.05) is 14.2 Å². The van der Waals surface area contributed by atoms with E-state index in [9.17, 15) is 23.1 Å². The normalized spacial score (nSPS) is 18.5. The standard InChI is InChI=1S/C22H22Cl2F3NO4/c1-10-5-12(22(25,26)27)7-17-14(10)8-13(28(17)21(30)32-4)9-15-16(23)6-11(2)18(19(15)24)20(29)31-3/h5,7-8,11,21,30H,6,9H2,1-4H3. The molecule has 0 radical (unpaired) electrons. The first-order valence-corrected chi connectivity index (χ1v) is 10.4. The number of benzene rings is 1. The molecule has 1 heterocycles. The highest BCUT2D eigenvalue weighted by Crippen LogP contribution is 2.42. The fraction of sp³-hybridized carbons (Fsp3) is 0.409. The van der Waals surface area contributed by atoms with Gasteiger partial charge in [-0.05, 0) is 48.6 Å². The number of methoxy groups -OCH3 is 2. The van der Waals surface area contributed by atoms with Gasteiger partial charge in [0.05, 0.1) is 28.8 Å². The Morgan fingerprint density at radius 2 is 1.94 bits per heavy atom. The number of halogens is 5. The Kier molecular flexibility index (Phi) is 7.00. The van der Waals surface area contributed by atoms with E-state index in [2.05, 4.69) is 0 Å². The van der Waals surface area contributed by atoms with Crippen molar-refractivity contribution in [2.24, 2.45) is 5.92 Å². The van der Waals surface area contributed by atoms with Gasteiger partial charge in [-0.2, -0.15) is 13.2 Å². The SMILES string of the molecule is COC(=O)C1=C(Cl)C(Cc2cc3c(C)cc(C(F)(F)F)cc3n2C(O)OC)=C(Cl)CC1C. The molecule has 2 unspecified atom stereocenters. The molecule has 174 valence electrons. The maximum atomic E-state index is 13.4. The summed E-state index contributed by atoms with van der Waals surface area (Å²) in [7, 11) is 2.48. The molecule has 0 saturated carbocycles. The number of ether oxygens (including phenoxy) is 2. The summed E-state index contributed by atoms with van der Waals surface area (Å²) < 4.78 is 51.3. The van der Waals surface area contributed by atoms with Crippen LogP contribution in [-0.2, 0) is 26.9 Å². The van der Waals surface area contributed by atoms with Gasteiger partial charge in [0, 0.05) is 29.6 Å². The summed E-state index contributed by atoms with van der Waals surface area (Å²) in [6.07, 6.45) is -5.70. The number of allylic oxidation sites excluding steroid dienone is 3. The minimum atomic E-state index is -4.56. The van der Waals surface area contributed by atoms with E-state index in [0.717, 1.165) is 12.1 Å². The lowest BCUT2D eigenvalue weighted by Crippen LogP contribution is -2.20. The fourth-order valence-corrected chi connectivity index (χ4v) is 4.86. The molecule has 0 aliphatic heterocycles. The predicted molar refractivity (Wildman–Crippen MR) is 115 cm³/mol. The first kappa shape index (κ1) is 24.6. The van der Waals surface area contributed by atoms with Gasteiger partial charge < -0.3 is 14.6 Å². The second-order valence-corrected chi connectivity index (χ2v) is 8.51. The van der Waals surface area contributed by atoms with Crippen molar-refractivity contribution >= 4 is 40.1 Å². The number of fused-ring (bicyclic) bond motifs is 1. The average Bonchev–Trinajstić information content (AvgIpc) is 3.08. The number of carbonyl (C=O) groups excluding carboxylic acids is 1. The molecule has 0 spiro atoms. The predicted octanol–water partition coefficient (Wildman–Crippen LogP) is 5.80. The number of aromatic nitrogens is 1. The Bertz CT molecular complexity index is 1130. The van der Waals surface area contributed by atoms with Gasteiger partial charge in [-0.25, -0.2) is 4.79 Å². The van der Waals surface area contributed by atoms with Gasteiger partial charge >= 0.3 is 12.1 Å². The van der Waals surface area contributed by atoms with Gasteiger partial charge in [0.2, 0.25) is 6.41 Å². The number of hydrogen-bond donors (Lipinski definition) is 1. The number of aliphatic hydroxyl groups is 1. The zero-order valence-corrected chi connectivity index (χ0v) is 19.3. The van der Waals surface area contributed by atoms with Gasteiger partial charge in [0.15, 0.2) is 0 Å². The van der Waals surface area contributed by atoms with Gasteiger partial charge in [-0.3, -0.25) is 4.57 Å². The van der Waals surface area contributed by atoms with Crippen molar-refractivity contribution < 1.29 is 32.5 Å². The largest absolute Gasteiger partial charge is 0.466 e. The van der Waals surface area contributed by atoms with Crippen LogP contribution in [0.2, 0.25) is 0 Å². The van der Waals surface area contributed by atoms with E-state index < -0.39 is 24.1 Å². The van der Waals surface area contributed by atoms with Gasteiger partial charge in [0.1, 0.15) is 0 Å². The molecule has 0 bridgehead atoms. The molecule has 5 nitrogen and oxygen atoms in total. The number of esters is 1. The Labute approximate surface area is 193 Å². The molecule has 2 atom stereocenters. The summed E-state index contributed by atoms with van der Waals surface area (Å²) in [4.78, 5) is 12.2. The highest BCUT2D eigenvalue weighted by atomic mass is 35.5. The van der Waals surface area contributed by atoms with Crippen molar-refractivity contribution in [1.82, 2.24) is 4.57 Å². The topological polar surface area (TPSA) is 60.7 Å². The molecule has 1 aliphatic carbocycles. The molecule has 10 heteroatoms. The number of rotatable bonds is 5. The summed E-state index contributed by atoms with van der Waals surface area (Å²) in [5.74, 6) is -0.842. The first-order chi connectivity index (χ1) is 14.9. The minimum absolute atomic E-state index is 0.0563. The molecule has 0 amide bonds. The summed E-state index contributed by atoms with van der Waals surface area (Å²) >= 11 is 13.0. The lowest BCUT2D eigenvalue weighted by molar-refractivity contribution is -0.138. The molecule has 1 aromatic carbocycles. The van der Waals surface area contributed by atoms with E-state index >= 15 is 0 Å². The lowest BCUT2D eigenvalue weighted by Gasteiger charge is -2.25. The van der Waals surface area contributed by atoms with E-state index in [1.54, 1.807) is 19.9 Å². The molecular formula is C22H22Cl2F3NO4. The van der Waals surface area contributed by atoms with E-state index in [4.69, 9.17) is 32.7 Å². The Balaban J connectivity index is 2.21.